The van der Waals surface area contributed by atoms with Crippen molar-refractivity contribution in [3.05, 3.63) is 40.4 Å². The van der Waals surface area contributed by atoms with E-state index in [0.29, 0.717) is 0 Å². The van der Waals surface area contributed by atoms with E-state index in [1.54, 1.807) is 6.07 Å². The minimum absolute atomic E-state index is 0.134. The first-order valence-electron chi connectivity index (χ1n) is 4.19. The van der Waals surface area contributed by atoms with Crippen molar-refractivity contribution in [2.45, 2.75) is 0 Å². The molecule has 0 unspecified atom stereocenters. The Kier molecular flexibility index (Phi) is 2.69. The van der Waals surface area contributed by atoms with Gasteiger partial charge >= 0.3 is 5.97 Å². The van der Waals surface area contributed by atoms with Gasteiger partial charge in [-0.1, -0.05) is 11.3 Å². The number of hydrogen-bond donors (Lipinski definition) is 1. The molecule has 0 spiro atoms. The zero-order chi connectivity index (χ0) is 11.7. The van der Waals surface area contributed by atoms with Crippen LogP contribution in [0.15, 0.2) is 28.9 Å². The van der Waals surface area contributed by atoms with Crippen LogP contribution < -0.4 is 0 Å². The Labute approximate surface area is 97.6 Å². The summed E-state index contributed by atoms with van der Waals surface area (Å²) < 4.78 is 15.0. The first-order chi connectivity index (χ1) is 7.59. The average Bonchev–Trinajstić information content (AvgIpc) is 2.71. The quantitative estimate of drug-likeness (QED) is 0.915. The van der Waals surface area contributed by atoms with Crippen molar-refractivity contribution in [1.29, 1.82) is 0 Å². The molecule has 1 heterocycles. The summed E-state index contributed by atoms with van der Waals surface area (Å²) in [5.41, 5.74) is -0.103. The lowest BCUT2D eigenvalue weighted by Gasteiger charge is -2.02. The van der Waals surface area contributed by atoms with E-state index in [2.05, 4.69) is 26.2 Å². The van der Waals surface area contributed by atoms with E-state index in [0.717, 1.165) is 10.9 Å². The zero-order valence-electron chi connectivity index (χ0n) is 7.76. The van der Waals surface area contributed by atoms with Gasteiger partial charge in [0.25, 0.3) is 0 Å². The van der Waals surface area contributed by atoms with Gasteiger partial charge in [-0.05, 0) is 28.1 Å². The van der Waals surface area contributed by atoms with Crippen molar-refractivity contribution in [3.63, 3.8) is 0 Å². The minimum atomic E-state index is -1.21. The number of rotatable bonds is 2. The van der Waals surface area contributed by atoms with Crippen LogP contribution in [0.4, 0.5) is 4.39 Å². The molecule has 5 nitrogen and oxygen atoms in total. The van der Waals surface area contributed by atoms with Crippen LogP contribution in [-0.2, 0) is 0 Å². The van der Waals surface area contributed by atoms with Gasteiger partial charge in [-0.3, -0.25) is 0 Å². The lowest BCUT2D eigenvalue weighted by molar-refractivity contribution is 0.0690. The number of carboxylic acid groups (broad SMARTS) is 1. The Morgan fingerprint density at radius 3 is 2.88 bits per heavy atom. The van der Waals surface area contributed by atoms with Crippen LogP contribution in [0.5, 0.6) is 0 Å². The predicted octanol–water partition coefficient (Wildman–Crippen LogP) is 1.87. The highest BCUT2D eigenvalue weighted by atomic mass is 79.9. The van der Waals surface area contributed by atoms with E-state index < -0.39 is 11.8 Å². The van der Waals surface area contributed by atoms with Crippen LogP contribution in [0.2, 0.25) is 0 Å². The molecule has 0 bridgehead atoms. The zero-order valence-corrected chi connectivity index (χ0v) is 9.35. The van der Waals surface area contributed by atoms with Crippen LogP contribution >= 0.6 is 15.9 Å². The first-order valence-corrected chi connectivity index (χ1v) is 4.99. The molecule has 0 aliphatic carbocycles. The maximum Gasteiger partial charge on any atom is 0.358 e. The standard InChI is InChI=1S/C9H5BrFN3O2/c10-5-2-1-3-7(8(5)11)14-4-6(9(15)16)12-13-14/h1-4H,(H,15,16). The number of aromatic nitrogens is 3. The summed E-state index contributed by atoms with van der Waals surface area (Å²) in [5.74, 6) is -1.73. The number of halogens is 2. The highest BCUT2D eigenvalue weighted by Crippen LogP contribution is 2.21. The van der Waals surface area contributed by atoms with Crippen molar-refractivity contribution >= 4 is 21.9 Å². The third-order valence-electron chi connectivity index (χ3n) is 1.89. The Bertz CT molecular complexity index is 555. The number of carbonyl (C=O) groups is 1. The molecule has 0 radical (unpaired) electrons. The van der Waals surface area contributed by atoms with E-state index in [1.165, 1.54) is 12.1 Å². The van der Waals surface area contributed by atoms with Gasteiger partial charge in [0.2, 0.25) is 0 Å². The summed E-state index contributed by atoms with van der Waals surface area (Å²) in [6, 6.07) is 4.62. The second-order valence-electron chi connectivity index (χ2n) is 2.93. The van der Waals surface area contributed by atoms with Gasteiger partial charge in [-0.2, -0.15) is 0 Å². The molecule has 0 amide bonds. The van der Waals surface area contributed by atoms with Crippen molar-refractivity contribution < 1.29 is 14.3 Å². The summed E-state index contributed by atoms with van der Waals surface area (Å²) in [6.07, 6.45) is 1.15. The van der Waals surface area contributed by atoms with E-state index in [-0.39, 0.29) is 15.9 Å². The molecule has 16 heavy (non-hydrogen) atoms. The molecular formula is C9H5BrFN3O2. The fourth-order valence-corrected chi connectivity index (χ4v) is 1.50. The monoisotopic (exact) mass is 285 g/mol. The minimum Gasteiger partial charge on any atom is -0.476 e. The van der Waals surface area contributed by atoms with Gasteiger partial charge in [0.1, 0.15) is 5.69 Å². The van der Waals surface area contributed by atoms with Crippen LogP contribution in [0.25, 0.3) is 5.69 Å². The highest BCUT2D eigenvalue weighted by Gasteiger charge is 2.13. The molecule has 0 aliphatic rings. The molecule has 82 valence electrons. The summed E-state index contributed by atoms with van der Waals surface area (Å²) in [5, 5.41) is 15.6. The van der Waals surface area contributed by atoms with Crippen LogP contribution in [-0.4, -0.2) is 26.1 Å². The third-order valence-corrected chi connectivity index (χ3v) is 2.50. The number of benzene rings is 1. The van der Waals surface area contributed by atoms with Gasteiger partial charge < -0.3 is 5.11 Å². The fourth-order valence-electron chi connectivity index (χ4n) is 1.15. The number of carboxylic acids is 1. The number of nitrogens with zero attached hydrogens (tertiary/aromatic N) is 3. The number of hydrogen-bond acceptors (Lipinski definition) is 3. The fraction of sp³-hybridized carbons (Fsp3) is 0. The highest BCUT2D eigenvalue weighted by molar-refractivity contribution is 9.10. The van der Waals surface area contributed by atoms with Gasteiger partial charge in [-0.25, -0.2) is 13.9 Å². The van der Waals surface area contributed by atoms with E-state index in [1.807, 2.05) is 0 Å². The molecule has 1 aromatic heterocycles. The second kappa shape index (κ2) is 4.01. The smallest absolute Gasteiger partial charge is 0.358 e. The Hall–Kier alpha value is -1.76. The van der Waals surface area contributed by atoms with Crippen molar-refractivity contribution in [3.8, 4) is 5.69 Å². The van der Waals surface area contributed by atoms with E-state index in [4.69, 9.17) is 5.11 Å². The molecule has 0 fully saturated rings. The Balaban J connectivity index is 2.50. The summed E-state index contributed by atoms with van der Waals surface area (Å²) in [4.78, 5) is 10.6. The van der Waals surface area contributed by atoms with E-state index >= 15 is 0 Å². The first kappa shape index (κ1) is 10.7. The van der Waals surface area contributed by atoms with Gasteiger partial charge in [-0.15, -0.1) is 5.10 Å². The maximum absolute atomic E-state index is 13.6. The van der Waals surface area contributed by atoms with Crippen molar-refractivity contribution in [2.75, 3.05) is 0 Å². The molecule has 0 atom stereocenters. The maximum atomic E-state index is 13.6. The van der Waals surface area contributed by atoms with Crippen LogP contribution in [0.3, 0.4) is 0 Å². The molecule has 2 rings (SSSR count). The normalized spacial score (nSPS) is 10.4. The average molecular weight is 286 g/mol. The lowest BCUT2D eigenvalue weighted by atomic mass is 10.3. The topological polar surface area (TPSA) is 68.0 Å². The summed E-state index contributed by atoms with van der Waals surface area (Å²) >= 11 is 3.03. The third kappa shape index (κ3) is 1.81. The van der Waals surface area contributed by atoms with Gasteiger partial charge in [0.15, 0.2) is 11.5 Å². The second-order valence-corrected chi connectivity index (χ2v) is 3.78. The number of aromatic carboxylic acids is 1. The molecule has 0 saturated heterocycles. The van der Waals surface area contributed by atoms with Crippen LogP contribution in [0, 0.1) is 5.82 Å². The van der Waals surface area contributed by atoms with E-state index in [9.17, 15) is 9.18 Å². The molecule has 1 N–H and O–H groups in total. The van der Waals surface area contributed by atoms with Gasteiger partial charge in [0.05, 0.1) is 10.7 Å². The SMILES string of the molecule is O=C(O)c1cn(-c2cccc(Br)c2F)nn1. The molecular weight excluding hydrogens is 281 g/mol. The molecule has 7 heteroatoms. The lowest BCUT2D eigenvalue weighted by Crippen LogP contribution is -1.99. The Morgan fingerprint density at radius 2 is 2.25 bits per heavy atom. The summed E-state index contributed by atoms with van der Waals surface area (Å²) in [6.45, 7) is 0. The molecule has 0 aliphatic heterocycles. The van der Waals surface area contributed by atoms with Crippen LogP contribution in [0.1, 0.15) is 10.5 Å². The summed E-state index contributed by atoms with van der Waals surface area (Å²) in [7, 11) is 0. The molecule has 2 aromatic rings. The van der Waals surface area contributed by atoms with Crippen molar-refractivity contribution in [1.82, 2.24) is 15.0 Å². The Morgan fingerprint density at radius 1 is 1.50 bits per heavy atom. The largest absolute Gasteiger partial charge is 0.476 e. The predicted molar refractivity (Wildman–Crippen MR) is 56.0 cm³/mol. The molecule has 1 aromatic carbocycles. The van der Waals surface area contributed by atoms with Crippen molar-refractivity contribution in [2.24, 2.45) is 0 Å². The van der Waals surface area contributed by atoms with Gasteiger partial charge in [0, 0.05) is 0 Å². The molecule has 0 saturated carbocycles.